The molecular weight excluding hydrogens is 232 g/mol. The maximum atomic E-state index is 2.88. The smallest absolute Gasteiger partial charge is 0.0338 e. The van der Waals surface area contributed by atoms with E-state index < -0.39 is 0 Å². The Bertz CT molecular complexity index is 324. The standard InChI is InChI=1S/C17H30N2/c1-18-10-11-19(17(13-18)8-9-17)12-14-2-4-15(5-3-14)16-6-7-16/h14-16H,2-13H2,1H3. The van der Waals surface area contributed by atoms with Crippen molar-refractivity contribution in [1.29, 1.82) is 0 Å². The SMILES string of the molecule is CN1CCN(CC2CCC(C3CC3)CC2)C2(CC2)C1. The van der Waals surface area contributed by atoms with Gasteiger partial charge in [-0.05, 0) is 76.2 Å². The van der Waals surface area contributed by atoms with Crippen molar-refractivity contribution in [3.8, 4) is 0 Å². The molecule has 0 aromatic heterocycles. The quantitative estimate of drug-likeness (QED) is 0.771. The monoisotopic (exact) mass is 262 g/mol. The molecule has 1 spiro atoms. The van der Waals surface area contributed by atoms with Crippen molar-refractivity contribution >= 4 is 0 Å². The Morgan fingerprint density at radius 1 is 0.895 bits per heavy atom. The van der Waals surface area contributed by atoms with Crippen molar-refractivity contribution in [3.63, 3.8) is 0 Å². The first-order valence-corrected chi connectivity index (χ1v) is 8.69. The molecule has 0 atom stereocenters. The second kappa shape index (κ2) is 4.73. The Kier molecular flexibility index (Phi) is 3.15. The minimum atomic E-state index is 0.625. The molecule has 0 radical (unpaired) electrons. The van der Waals surface area contributed by atoms with Gasteiger partial charge in [-0.1, -0.05) is 0 Å². The molecule has 3 aliphatic carbocycles. The summed E-state index contributed by atoms with van der Waals surface area (Å²) in [4.78, 5) is 5.43. The number of rotatable bonds is 3. The predicted molar refractivity (Wildman–Crippen MR) is 79.2 cm³/mol. The first kappa shape index (κ1) is 12.6. The van der Waals surface area contributed by atoms with Gasteiger partial charge < -0.3 is 4.90 Å². The molecule has 2 heteroatoms. The Morgan fingerprint density at radius 2 is 1.53 bits per heavy atom. The third-order valence-electron chi connectivity index (χ3n) is 6.47. The van der Waals surface area contributed by atoms with Crippen LogP contribution in [0.3, 0.4) is 0 Å². The lowest BCUT2D eigenvalue weighted by molar-refractivity contribution is 0.0502. The van der Waals surface area contributed by atoms with Crippen LogP contribution in [0.2, 0.25) is 0 Å². The van der Waals surface area contributed by atoms with Gasteiger partial charge in [0.2, 0.25) is 0 Å². The largest absolute Gasteiger partial charge is 0.303 e. The van der Waals surface area contributed by atoms with Crippen LogP contribution in [-0.4, -0.2) is 48.6 Å². The Balaban J connectivity index is 1.30. The summed E-state index contributed by atoms with van der Waals surface area (Å²) < 4.78 is 0. The van der Waals surface area contributed by atoms with Crippen LogP contribution in [0.1, 0.15) is 51.4 Å². The van der Waals surface area contributed by atoms with Gasteiger partial charge in [0.05, 0.1) is 0 Å². The van der Waals surface area contributed by atoms with Crippen LogP contribution >= 0.6 is 0 Å². The highest BCUT2D eigenvalue weighted by atomic mass is 15.3. The molecule has 2 nitrogen and oxygen atoms in total. The second-order valence-electron chi connectivity index (χ2n) is 8.03. The van der Waals surface area contributed by atoms with E-state index in [1.165, 1.54) is 51.9 Å². The van der Waals surface area contributed by atoms with Gasteiger partial charge in [-0.15, -0.1) is 0 Å². The fourth-order valence-electron chi connectivity index (χ4n) is 4.84. The highest BCUT2D eigenvalue weighted by molar-refractivity contribution is 5.08. The van der Waals surface area contributed by atoms with Crippen LogP contribution in [0.15, 0.2) is 0 Å². The molecule has 108 valence electrons. The molecule has 4 fully saturated rings. The lowest BCUT2D eigenvalue weighted by Crippen LogP contribution is -2.55. The van der Waals surface area contributed by atoms with Crippen LogP contribution in [-0.2, 0) is 0 Å². The van der Waals surface area contributed by atoms with Crippen molar-refractivity contribution in [2.24, 2.45) is 17.8 Å². The highest BCUT2D eigenvalue weighted by Gasteiger charge is 2.50. The van der Waals surface area contributed by atoms with Crippen LogP contribution < -0.4 is 0 Å². The summed E-state index contributed by atoms with van der Waals surface area (Å²) in [5, 5.41) is 0. The van der Waals surface area contributed by atoms with Gasteiger partial charge in [-0.2, -0.15) is 0 Å². The van der Waals surface area contributed by atoms with Crippen LogP contribution in [0.25, 0.3) is 0 Å². The van der Waals surface area contributed by atoms with Gasteiger partial charge in [0.15, 0.2) is 0 Å². The van der Waals surface area contributed by atoms with Gasteiger partial charge in [-0.25, -0.2) is 0 Å². The fourth-order valence-corrected chi connectivity index (χ4v) is 4.84. The molecule has 0 bridgehead atoms. The van der Waals surface area contributed by atoms with Gasteiger partial charge >= 0.3 is 0 Å². The number of hydrogen-bond acceptors (Lipinski definition) is 2. The summed E-state index contributed by atoms with van der Waals surface area (Å²) >= 11 is 0. The highest BCUT2D eigenvalue weighted by Crippen LogP contribution is 2.47. The minimum absolute atomic E-state index is 0.625. The molecule has 0 amide bonds. The molecule has 3 saturated carbocycles. The molecule has 1 heterocycles. The van der Waals surface area contributed by atoms with Gasteiger partial charge in [0.25, 0.3) is 0 Å². The van der Waals surface area contributed by atoms with E-state index in [1.54, 1.807) is 25.7 Å². The van der Waals surface area contributed by atoms with Crippen molar-refractivity contribution < 1.29 is 0 Å². The molecule has 0 N–H and O–H groups in total. The minimum Gasteiger partial charge on any atom is -0.303 e. The van der Waals surface area contributed by atoms with E-state index in [-0.39, 0.29) is 0 Å². The molecule has 0 aromatic rings. The van der Waals surface area contributed by atoms with Crippen molar-refractivity contribution in [1.82, 2.24) is 9.80 Å². The van der Waals surface area contributed by atoms with Crippen LogP contribution in [0, 0.1) is 17.8 Å². The first-order valence-electron chi connectivity index (χ1n) is 8.69. The molecule has 4 rings (SSSR count). The topological polar surface area (TPSA) is 6.48 Å². The summed E-state index contributed by atoms with van der Waals surface area (Å²) in [5.74, 6) is 3.30. The van der Waals surface area contributed by atoms with Gasteiger partial charge in [-0.3, -0.25) is 4.90 Å². The van der Waals surface area contributed by atoms with E-state index in [1.807, 2.05) is 0 Å². The third kappa shape index (κ3) is 2.58. The Morgan fingerprint density at radius 3 is 2.11 bits per heavy atom. The normalized spacial score (nSPS) is 39.6. The summed E-state index contributed by atoms with van der Waals surface area (Å²) in [6, 6.07) is 0. The zero-order chi connectivity index (χ0) is 12.9. The van der Waals surface area contributed by atoms with Crippen LogP contribution in [0.4, 0.5) is 0 Å². The lowest BCUT2D eigenvalue weighted by atomic mass is 9.79. The van der Waals surface area contributed by atoms with E-state index in [9.17, 15) is 0 Å². The molecule has 1 aliphatic heterocycles. The maximum Gasteiger partial charge on any atom is 0.0338 e. The first-order chi connectivity index (χ1) is 9.25. The number of hydrogen-bond donors (Lipinski definition) is 0. The van der Waals surface area contributed by atoms with Gasteiger partial charge in [0.1, 0.15) is 0 Å². The second-order valence-corrected chi connectivity index (χ2v) is 8.03. The van der Waals surface area contributed by atoms with Crippen molar-refractivity contribution in [2.45, 2.75) is 56.9 Å². The van der Waals surface area contributed by atoms with Crippen LogP contribution in [0.5, 0.6) is 0 Å². The molecule has 4 aliphatic rings. The zero-order valence-corrected chi connectivity index (χ0v) is 12.6. The number of piperazine rings is 1. The summed E-state index contributed by atoms with van der Waals surface area (Å²) in [7, 11) is 2.30. The van der Waals surface area contributed by atoms with E-state index in [4.69, 9.17) is 0 Å². The third-order valence-corrected chi connectivity index (χ3v) is 6.47. The lowest BCUT2D eigenvalue weighted by Gasteiger charge is -2.43. The molecule has 19 heavy (non-hydrogen) atoms. The summed E-state index contributed by atoms with van der Waals surface area (Å²) in [6.45, 7) is 5.38. The Labute approximate surface area is 118 Å². The molecule has 0 aromatic carbocycles. The number of nitrogens with zero attached hydrogens (tertiary/aromatic N) is 2. The van der Waals surface area contributed by atoms with E-state index in [2.05, 4.69) is 16.8 Å². The summed E-state index contributed by atoms with van der Waals surface area (Å²) in [5.41, 5.74) is 0.625. The van der Waals surface area contributed by atoms with E-state index in [0.717, 1.165) is 17.8 Å². The predicted octanol–water partition coefficient (Wildman–Crippen LogP) is 2.98. The Hall–Kier alpha value is -0.0800. The van der Waals surface area contributed by atoms with E-state index in [0.29, 0.717) is 5.54 Å². The zero-order valence-electron chi connectivity index (χ0n) is 12.6. The molecule has 0 unspecified atom stereocenters. The fraction of sp³-hybridized carbons (Fsp3) is 1.00. The average molecular weight is 262 g/mol. The molecular formula is C17H30N2. The van der Waals surface area contributed by atoms with Crippen molar-refractivity contribution in [2.75, 3.05) is 33.2 Å². The van der Waals surface area contributed by atoms with E-state index >= 15 is 0 Å². The summed E-state index contributed by atoms with van der Waals surface area (Å²) in [6.07, 6.45) is 12.2. The maximum absolute atomic E-state index is 2.88. The number of likely N-dealkylation sites (N-methyl/N-ethyl adjacent to an activating group) is 1. The van der Waals surface area contributed by atoms with Crippen molar-refractivity contribution in [3.05, 3.63) is 0 Å². The average Bonchev–Trinajstić information content (AvgIpc) is 3.29. The molecule has 1 saturated heterocycles. The van der Waals surface area contributed by atoms with Gasteiger partial charge in [0, 0.05) is 31.7 Å².